The van der Waals surface area contributed by atoms with Gasteiger partial charge in [-0.3, -0.25) is 9.30 Å². The van der Waals surface area contributed by atoms with Crippen molar-refractivity contribution in [3.8, 4) is 0 Å². The number of benzene rings is 1. The first-order chi connectivity index (χ1) is 9.44. The van der Waals surface area contributed by atoms with Gasteiger partial charge in [0.15, 0.2) is 5.17 Å². The van der Waals surface area contributed by atoms with Crippen LogP contribution < -0.4 is 0 Å². The zero-order valence-electron chi connectivity index (χ0n) is 11.1. The average Bonchev–Trinajstić information content (AvgIpc) is 2.87. The highest BCUT2D eigenvalue weighted by Gasteiger charge is 2.23. The van der Waals surface area contributed by atoms with Gasteiger partial charge in [0, 0.05) is 31.3 Å². The van der Waals surface area contributed by atoms with Crippen molar-refractivity contribution in [1.82, 2.24) is 4.31 Å². The molecule has 0 spiro atoms. The first-order valence-corrected chi connectivity index (χ1v) is 9.77. The standard InChI is InChI=1S/C13H16Cl2N2OS2/c1-3-20(2,18)17-7-6-16-13(17)19-9-10-4-5-11(14)8-12(10)15/h4-5,8H,2-3,6-7,9H2,1H3. The molecule has 1 aromatic rings. The maximum Gasteiger partial charge on any atom is 0.171 e. The van der Waals surface area contributed by atoms with E-state index < -0.39 is 9.71 Å². The summed E-state index contributed by atoms with van der Waals surface area (Å²) in [5, 5.41) is 2.05. The van der Waals surface area contributed by atoms with Crippen LogP contribution in [-0.4, -0.2) is 38.4 Å². The average molecular weight is 351 g/mol. The molecule has 1 heterocycles. The second kappa shape index (κ2) is 6.60. The second-order valence-corrected chi connectivity index (χ2v) is 8.70. The molecule has 2 rings (SSSR count). The molecule has 1 aliphatic heterocycles. The summed E-state index contributed by atoms with van der Waals surface area (Å²) in [4.78, 5) is 4.41. The van der Waals surface area contributed by atoms with Crippen LogP contribution in [0.3, 0.4) is 0 Å². The smallest absolute Gasteiger partial charge is 0.171 e. The van der Waals surface area contributed by atoms with Crippen LogP contribution in [0.5, 0.6) is 0 Å². The Kier molecular flexibility index (Phi) is 5.29. The Hall–Kier alpha value is -0.360. The predicted molar refractivity (Wildman–Crippen MR) is 92.6 cm³/mol. The van der Waals surface area contributed by atoms with E-state index in [0.717, 1.165) is 10.7 Å². The predicted octanol–water partition coefficient (Wildman–Crippen LogP) is 3.55. The van der Waals surface area contributed by atoms with Crippen molar-refractivity contribution in [3.63, 3.8) is 0 Å². The van der Waals surface area contributed by atoms with Gasteiger partial charge in [0.05, 0.1) is 13.1 Å². The van der Waals surface area contributed by atoms with Gasteiger partial charge in [-0.1, -0.05) is 48.0 Å². The number of hydrogen-bond donors (Lipinski definition) is 0. The van der Waals surface area contributed by atoms with Crippen LogP contribution in [0.1, 0.15) is 12.5 Å². The van der Waals surface area contributed by atoms with Gasteiger partial charge in [-0.15, -0.1) is 0 Å². The van der Waals surface area contributed by atoms with Crippen molar-refractivity contribution < 1.29 is 4.21 Å². The second-order valence-electron chi connectivity index (χ2n) is 4.35. The molecule has 0 aliphatic carbocycles. The molecule has 7 heteroatoms. The van der Waals surface area contributed by atoms with Gasteiger partial charge in [0.1, 0.15) is 0 Å². The molecule has 0 radical (unpaired) electrons. The van der Waals surface area contributed by atoms with Gasteiger partial charge >= 0.3 is 0 Å². The molecule has 1 aromatic carbocycles. The summed E-state index contributed by atoms with van der Waals surface area (Å²) < 4.78 is 14.2. The minimum absolute atomic E-state index is 0.522. The van der Waals surface area contributed by atoms with Crippen LogP contribution in [-0.2, 0) is 15.5 Å². The van der Waals surface area contributed by atoms with Gasteiger partial charge in [-0.2, -0.15) is 0 Å². The lowest BCUT2D eigenvalue weighted by molar-refractivity contribution is 0.624. The van der Waals surface area contributed by atoms with E-state index in [2.05, 4.69) is 10.9 Å². The monoisotopic (exact) mass is 350 g/mol. The molecular formula is C13H16Cl2N2OS2. The number of rotatable bonds is 4. The minimum atomic E-state index is -2.24. The highest BCUT2D eigenvalue weighted by atomic mass is 35.5. The quantitative estimate of drug-likeness (QED) is 0.777. The minimum Gasteiger partial charge on any atom is -0.276 e. The van der Waals surface area contributed by atoms with Crippen molar-refractivity contribution in [2.24, 2.45) is 4.99 Å². The van der Waals surface area contributed by atoms with Gasteiger partial charge in [-0.25, -0.2) is 4.21 Å². The molecule has 0 bridgehead atoms. The van der Waals surface area contributed by atoms with Gasteiger partial charge in [0.2, 0.25) is 0 Å². The van der Waals surface area contributed by atoms with Crippen molar-refractivity contribution in [2.75, 3.05) is 18.8 Å². The molecule has 0 fully saturated rings. The van der Waals surface area contributed by atoms with Crippen molar-refractivity contribution in [1.29, 1.82) is 0 Å². The summed E-state index contributed by atoms with van der Waals surface area (Å²) >= 11 is 13.6. The van der Waals surface area contributed by atoms with Gasteiger partial charge < -0.3 is 0 Å². The van der Waals surface area contributed by atoms with E-state index in [4.69, 9.17) is 23.2 Å². The Morgan fingerprint density at radius 2 is 2.25 bits per heavy atom. The third kappa shape index (κ3) is 3.64. The lowest BCUT2D eigenvalue weighted by atomic mass is 10.2. The summed E-state index contributed by atoms with van der Waals surface area (Å²) in [5.74, 6) is 5.01. The lowest BCUT2D eigenvalue weighted by Gasteiger charge is -2.23. The van der Waals surface area contributed by atoms with E-state index in [-0.39, 0.29) is 0 Å². The molecule has 1 aliphatic rings. The highest BCUT2D eigenvalue weighted by molar-refractivity contribution is 8.14. The number of aliphatic imine (C=N–C) groups is 1. The molecule has 0 saturated heterocycles. The highest BCUT2D eigenvalue weighted by Crippen LogP contribution is 2.27. The number of thioether (sulfide) groups is 1. The summed E-state index contributed by atoms with van der Waals surface area (Å²) in [6.45, 7) is 3.22. The molecular weight excluding hydrogens is 335 g/mol. The SMILES string of the molecule is C=S(=O)(CC)N1CCN=C1SCc1ccc(Cl)cc1Cl. The van der Waals surface area contributed by atoms with Crippen LogP contribution >= 0.6 is 35.0 Å². The summed E-state index contributed by atoms with van der Waals surface area (Å²) in [6.07, 6.45) is 0. The first-order valence-electron chi connectivity index (χ1n) is 6.18. The molecule has 20 heavy (non-hydrogen) atoms. The molecule has 0 N–H and O–H groups in total. The number of amidine groups is 1. The van der Waals surface area contributed by atoms with Crippen LogP contribution in [0.25, 0.3) is 0 Å². The summed E-state index contributed by atoms with van der Waals surface area (Å²) in [7, 11) is -2.24. The summed E-state index contributed by atoms with van der Waals surface area (Å²) in [6, 6.07) is 5.44. The Morgan fingerprint density at radius 1 is 1.50 bits per heavy atom. The van der Waals surface area contributed by atoms with Gasteiger partial charge in [0.25, 0.3) is 0 Å². The molecule has 0 amide bonds. The fraction of sp³-hybridized carbons (Fsp3) is 0.385. The largest absolute Gasteiger partial charge is 0.276 e. The maximum atomic E-state index is 12.4. The van der Waals surface area contributed by atoms with Crippen LogP contribution in [0.2, 0.25) is 10.0 Å². The lowest BCUT2D eigenvalue weighted by Crippen LogP contribution is -2.33. The third-order valence-electron chi connectivity index (χ3n) is 2.99. The van der Waals surface area contributed by atoms with Crippen molar-refractivity contribution in [2.45, 2.75) is 12.7 Å². The van der Waals surface area contributed by atoms with E-state index in [1.807, 2.05) is 23.4 Å². The molecule has 1 unspecified atom stereocenters. The molecule has 0 saturated carbocycles. The van der Waals surface area contributed by atoms with E-state index in [0.29, 0.717) is 34.6 Å². The number of nitrogens with zero attached hydrogens (tertiary/aromatic N) is 2. The number of hydrogen-bond acceptors (Lipinski definition) is 3. The Bertz CT molecular complexity index is 629. The maximum absolute atomic E-state index is 12.4. The van der Waals surface area contributed by atoms with Crippen molar-refractivity contribution in [3.05, 3.63) is 33.8 Å². The third-order valence-corrected chi connectivity index (χ3v) is 6.81. The van der Waals surface area contributed by atoms with E-state index in [1.165, 1.54) is 11.8 Å². The zero-order chi connectivity index (χ0) is 14.8. The topological polar surface area (TPSA) is 32.7 Å². The Balaban J connectivity index is 2.07. The van der Waals surface area contributed by atoms with Crippen LogP contribution in [0.4, 0.5) is 0 Å². The normalized spacial score (nSPS) is 17.9. The van der Waals surface area contributed by atoms with E-state index >= 15 is 0 Å². The first kappa shape index (κ1) is 16.0. The van der Waals surface area contributed by atoms with Gasteiger partial charge in [-0.05, 0) is 23.6 Å². The Labute approximate surface area is 134 Å². The summed E-state index contributed by atoms with van der Waals surface area (Å²) in [5.41, 5.74) is 0.989. The fourth-order valence-electron chi connectivity index (χ4n) is 1.77. The van der Waals surface area contributed by atoms with Crippen LogP contribution in [0.15, 0.2) is 23.2 Å². The fourth-order valence-corrected chi connectivity index (χ4v) is 4.92. The van der Waals surface area contributed by atoms with E-state index in [9.17, 15) is 4.21 Å². The molecule has 110 valence electrons. The Morgan fingerprint density at radius 3 is 2.90 bits per heavy atom. The van der Waals surface area contributed by atoms with Crippen molar-refractivity contribution >= 4 is 55.7 Å². The number of halogens is 2. The zero-order valence-corrected chi connectivity index (χ0v) is 14.3. The van der Waals surface area contributed by atoms with E-state index in [1.54, 1.807) is 6.07 Å². The molecule has 0 aromatic heterocycles. The molecule has 3 nitrogen and oxygen atoms in total. The molecule has 1 atom stereocenters. The van der Waals surface area contributed by atoms with Crippen LogP contribution in [0, 0.1) is 0 Å².